The van der Waals surface area contributed by atoms with E-state index in [-0.39, 0.29) is 23.5 Å². The molecule has 2 fully saturated rings. The zero-order chi connectivity index (χ0) is 23.4. The molecule has 176 valence electrons. The van der Waals surface area contributed by atoms with Gasteiger partial charge in [0.25, 0.3) is 0 Å². The van der Waals surface area contributed by atoms with Crippen molar-refractivity contribution in [3.05, 3.63) is 47.5 Å². The fraction of sp³-hybridized carbons (Fsp3) is 0.400. The van der Waals surface area contributed by atoms with Crippen LogP contribution in [0.3, 0.4) is 0 Å². The molecule has 0 atom stereocenters. The summed E-state index contributed by atoms with van der Waals surface area (Å²) < 4.78 is 27.4. The van der Waals surface area contributed by atoms with Crippen molar-refractivity contribution in [1.29, 1.82) is 0 Å². The maximum absolute atomic E-state index is 14.3. The number of H-pyrrole nitrogens is 1. The molecular weight excluding hydrogens is 439 g/mol. The molecule has 2 N–H and O–H groups in total. The van der Waals surface area contributed by atoms with Crippen molar-refractivity contribution in [3.8, 4) is 11.4 Å². The second-order valence-electron chi connectivity index (χ2n) is 9.21. The monoisotopic (exact) mass is 464 g/mol. The normalized spacial score (nSPS) is 21.1. The first-order valence-electron chi connectivity index (χ1n) is 11.6. The predicted molar refractivity (Wildman–Crippen MR) is 123 cm³/mol. The largest absolute Gasteiger partial charge is 0.494 e. The lowest BCUT2D eigenvalue weighted by atomic mass is 9.70. The summed E-state index contributed by atoms with van der Waals surface area (Å²) in [4.78, 5) is 16.5. The Bertz CT molecular complexity index is 1400. The Morgan fingerprint density at radius 3 is 2.76 bits per heavy atom. The van der Waals surface area contributed by atoms with Gasteiger partial charge < -0.3 is 19.1 Å². The summed E-state index contributed by atoms with van der Waals surface area (Å²) in [5.74, 6) is -1.03. The van der Waals surface area contributed by atoms with Crippen molar-refractivity contribution < 1.29 is 23.8 Å². The molecule has 3 aromatic heterocycles. The Kier molecular flexibility index (Phi) is 5.02. The first-order chi connectivity index (χ1) is 16.5. The maximum Gasteiger partial charge on any atom is 0.306 e. The van der Waals surface area contributed by atoms with Crippen LogP contribution < -0.4 is 4.74 Å². The first kappa shape index (κ1) is 21.1. The molecule has 0 unspecified atom stereocenters. The molecule has 1 saturated heterocycles. The van der Waals surface area contributed by atoms with Crippen LogP contribution in [-0.4, -0.2) is 51.1 Å². The van der Waals surface area contributed by atoms with E-state index >= 15 is 0 Å². The summed E-state index contributed by atoms with van der Waals surface area (Å²) in [7, 11) is 1.46. The number of rotatable bonds is 5. The SMILES string of the molecule is COc1cc(-n2c(C3CCOCC3)c(C3CC(C(=O)O)C3)c3nc4[nH]ncc4cc32)ccc1F. The Balaban J connectivity index is 1.64. The Labute approximate surface area is 194 Å². The van der Waals surface area contributed by atoms with E-state index in [1.165, 1.54) is 13.2 Å². The van der Waals surface area contributed by atoms with Gasteiger partial charge in [-0.3, -0.25) is 9.89 Å². The van der Waals surface area contributed by atoms with E-state index in [0.29, 0.717) is 31.7 Å². The number of carboxylic acids is 1. The van der Waals surface area contributed by atoms with Gasteiger partial charge in [0.15, 0.2) is 17.2 Å². The standard InChI is InChI=1S/C25H25FN4O4/c1-33-20-11-17(2-3-18(20)26)30-19-10-16-12-27-29-24(16)28-22(19)21(14-8-15(9-14)25(31)32)23(30)13-4-6-34-7-5-13/h2-3,10-15H,4-9H2,1H3,(H,31,32)(H,27,28,29). The number of aliphatic carboxylic acids is 1. The predicted octanol–water partition coefficient (Wildman–Crippen LogP) is 4.52. The molecule has 1 saturated carbocycles. The number of aromatic amines is 1. The lowest BCUT2D eigenvalue weighted by Gasteiger charge is -2.35. The minimum absolute atomic E-state index is 0.0953. The van der Waals surface area contributed by atoms with Crippen LogP contribution in [0.25, 0.3) is 27.8 Å². The molecule has 0 amide bonds. The Morgan fingerprint density at radius 1 is 1.24 bits per heavy atom. The van der Waals surface area contributed by atoms with E-state index in [2.05, 4.69) is 20.8 Å². The smallest absolute Gasteiger partial charge is 0.306 e. The van der Waals surface area contributed by atoms with E-state index in [4.69, 9.17) is 14.5 Å². The van der Waals surface area contributed by atoms with Gasteiger partial charge in [-0.15, -0.1) is 0 Å². The van der Waals surface area contributed by atoms with Crippen LogP contribution in [0.5, 0.6) is 5.75 Å². The summed E-state index contributed by atoms with van der Waals surface area (Å²) in [6.07, 6.45) is 4.62. The highest BCUT2D eigenvalue weighted by atomic mass is 19.1. The Morgan fingerprint density at radius 2 is 2.03 bits per heavy atom. The van der Waals surface area contributed by atoms with E-state index < -0.39 is 11.8 Å². The van der Waals surface area contributed by atoms with Gasteiger partial charge in [-0.05, 0) is 49.8 Å². The number of nitrogens with zero attached hydrogens (tertiary/aromatic N) is 3. The molecule has 34 heavy (non-hydrogen) atoms. The number of fused-ring (bicyclic) bond motifs is 2. The second-order valence-corrected chi connectivity index (χ2v) is 9.21. The van der Waals surface area contributed by atoms with Crippen molar-refractivity contribution in [2.24, 2.45) is 5.92 Å². The number of ether oxygens (including phenoxy) is 2. The average molecular weight is 464 g/mol. The number of aromatic nitrogens is 4. The van der Waals surface area contributed by atoms with Crippen LogP contribution in [0.2, 0.25) is 0 Å². The lowest BCUT2D eigenvalue weighted by Crippen LogP contribution is -2.30. The number of carboxylic acid groups (broad SMARTS) is 1. The highest BCUT2D eigenvalue weighted by Crippen LogP contribution is 2.50. The summed E-state index contributed by atoms with van der Waals surface area (Å²) >= 11 is 0. The van der Waals surface area contributed by atoms with E-state index in [0.717, 1.165) is 46.2 Å². The van der Waals surface area contributed by atoms with Crippen LogP contribution in [0.4, 0.5) is 4.39 Å². The molecule has 0 radical (unpaired) electrons. The lowest BCUT2D eigenvalue weighted by molar-refractivity contribution is -0.145. The number of halogens is 1. The van der Waals surface area contributed by atoms with Crippen LogP contribution in [0.15, 0.2) is 30.5 Å². The Hall–Kier alpha value is -3.46. The maximum atomic E-state index is 14.3. The van der Waals surface area contributed by atoms with Crippen molar-refractivity contribution >= 4 is 28.0 Å². The highest BCUT2D eigenvalue weighted by Gasteiger charge is 2.41. The van der Waals surface area contributed by atoms with Crippen LogP contribution in [-0.2, 0) is 9.53 Å². The van der Waals surface area contributed by atoms with E-state index in [1.807, 2.05) is 0 Å². The summed E-state index contributed by atoms with van der Waals surface area (Å²) in [5, 5.41) is 17.5. The van der Waals surface area contributed by atoms with Crippen molar-refractivity contribution in [1.82, 2.24) is 19.7 Å². The van der Waals surface area contributed by atoms with Gasteiger partial charge in [0.1, 0.15) is 0 Å². The van der Waals surface area contributed by atoms with Gasteiger partial charge in [-0.1, -0.05) is 0 Å². The minimum atomic E-state index is -0.750. The van der Waals surface area contributed by atoms with Gasteiger partial charge in [-0.25, -0.2) is 9.37 Å². The molecule has 0 spiro atoms. The molecular formula is C25H25FN4O4. The minimum Gasteiger partial charge on any atom is -0.494 e. The third kappa shape index (κ3) is 3.26. The summed E-state index contributed by atoms with van der Waals surface area (Å²) in [5.41, 5.74) is 5.44. The molecule has 1 aliphatic heterocycles. The quantitative estimate of drug-likeness (QED) is 0.450. The fourth-order valence-corrected chi connectivity index (χ4v) is 5.51. The van der Waals surface area contributed by atoms with E-state index in [9.17, 15) is 14.3 Å². The topological polar surface area (TPSA) is 102 Å². The number of carbonyl (C=O) groups is 1. The van der Waals surface area contributed by atoms with Gasteiger partial charge in [-0.2, -0.15) is 5.10 Å². The zero-order valence-electron chi connectivity index (χ0n) is 18.8. The third-order valence-electron chi connectivity index (χ3n) is 7.32. The second kappa shape index (κ2) is 8.09. The van der Waals surface area contributed by atoms with Crippen LogP contribution in [0, 0.1) is 11.7 Å². The molecule has 2 aliphatic rings. The molecule has 4 aromatic rings. The van der Waals surface area contributed by atoms with Crippen molar-refractivity contribution in [2.45, 2.75) is 37.5 Å². The summed E-state index contributed by atoms with van der Waals surface area (Å²) in [6, 6.07) is 6.93. The molecule has 9 heteroatoms. The van der Waals surface area contributed by atoms with Crippen molar-refractivity contribution in [3.63, 3.8) is 0 Å². The fourth-order valence-electron chi connectivity index (χ4n) is 5.51. The van der Waals surface area contributed by atoms with Gasteiger partial charge in [0.2, 0.25) is 0 Å². The number of nitrogens with one attached hydrogen (secondary N) is 1. The molecule has 6 rings (SSSR count). The molecule has 1 aliphatic carbocycles. The highest BCUT2D eigenvalue weighted by molar-refractivity contribution is 5.94. The van der Waals surface area contributed by atoms with Crippen molar-refractivity contribution in [2.75, 3.05) is 20.3 Å². The van der Waals surface area contributed by atoms with Gasteiger partial charge in [0, 0.05) is 47.5 Å². The number of benzene rings is 1. The van der Waals surface area contributed by atoms with E-state index in [1.54, 1.807) is 18.3 Å². The molecule has 4 heterocycles. The first-order valence-corrected chi connectivity index (χ1v) is 11.6. The van der Waals surface area contributed by atoms with Gasteiger partial charge in [0.05, 0.1) is 30.3 Å². The average Bonchev–Trinajstić information content (AvgIpc) is 3.39. The molecule has 1 aromatic carbocycles. The van der Waals surface area contributed by atoms with Crippen LogP contribution in [0.1, 0.15) is 48.8 Å². The van der Waals surface area contributed by atoms with Crippen LogP contribution >= 0.6 is 0 Å². The number of hydrogen-bond acceptors (Lipinski definition) is 5. The number of hydrogen-bond donors (Lipinski definition) is 2. The van der Waals surface area contributed by atoms with Gasteiger partial charge >= 0.3 is 5.97 Å². The molecule has 8 nitrogen and oxygen atoms in total. The summed E-state index contributed by atoms with van der Waals surface area (Å²) in [6.45, 7) is 1.33. The molecule has 0 bridgehead atoms. The number of pyridine rings is 1. The third-order valence-corrected chi connectivity index (χ3v) is 7.32. The number of methoxy groups -OCH3 is 1. The zero-order valence-corrected chi connectivity index (χ0v) is 18.8.